The Kier molecular flexibility index (Phi) is 3.47. The molecule has 0 bridgehead atoms. The number of rotatable bonds is 4. The molecule has 1 aromatic carbocycles. The lowest BCUT2D eigenvalue weighted by molar-refractivity contribution is -0.135. The SMILES string of the molecule is O=C(N[C@@H]1[C@H]2Cc3ccccc3[C@@H]21)[C@H]1CC=CC[C@H]1C(=O)NC1CC1. The Labute approximate surface area is 148 Å². The van der Waals surface area contributed by atoms with Crippen LogP contribution in [-0.4, -0.2) is 23.9 Å². The van der Waals surface area contributed by atoms with E-state index in [0.29, 0.717) is 30.7 Å². The van der Waals surface area contributed by atoms with Crippen LogP contribution in [0.15, 0.2) is 36.4 Å². The van der Waals surface area contributed by atoms with Crippen molar-refractivity contribution in [2.45, 2.75) is 50.1 Å². The van der Waals surface area contributed by atoms with Crippen molar-refractivity contribution in [1.29, 1.82) is 0 Å². The Balaban J connectivity index is 1.25. The fraction of sp³-hybridized carbons (Fsp3) is 0.524. The van der Waals surface area contributed by atoms with Gasteiger partial charge in [-0.2, -0.15) is 0 Å². The Morgan fingerprint density at radius 1 is 0.920 bits per heavy atom. The van der Waals surface area contributed by atoms with Crippen molar-refractivity contribution in [2.24, 2.45) is 17.8 Å². The van der Waals surface area contributed by atoms with Crippen molar-refractivity contribution >= 4 is 11.8 Å². The van der Waals surface area contributed by atoms with Crippen LogP contribution in [0.1, 0.15) is 42.7 Å². The smallest absolute Gasteiger partial charge is 0.224 e. The quantitative estimate of drug-likeness (QED) is 0.829. The van der Waals surface area contributed by atoms with Gasteiger partial charge in [0.05, 0.1) is 11.8 Å². The number of benzene rings is 1. The maximum absolute atomic E-state index is 12.9. The van der Waals surface area contributed by atoms with Crippen LogP contribution < -0.4 is 10.6 Å². The van der Waals surface area contributed by atoms with Crippen molar-refractivity contribution in [3.8, 4) is 0 Å². The lowest BCUT2D eigenvalue weighted by Crippen LogP contribution is -2.44. The molecule has 0 aromatic heterocycles. The van der Waals surface area contributed by atoms with Gasteiger partial charge in [-0.15, -0.1) is 0 Å². The van der Waals surface area contributed by atoms with Crippen LogP contribution in [0.3, 0.4) is 0 Å². The van der Waals surface area contributed by atoms with Crippen molar-refractivity contribution in [1.82, 2.24) is 10.6 Å². The van der Waals surface area contributed by atoms with E-state index in [2.05, 4.69) is 34.9 Å². The maximum Gasteiger partial charge on any atom is 0.224 e. The van der Waals surface area contributed by atoms with Crippen molar-refractivity contribution in [2.75, 3.05) is 0 Å². The van der Waals surface area contributed by atoms with Gasteiger partial charge in [-0.1, -0.05) is 36.4 Å². The molecule has 25 heavy (non-hydrogen) atoms. The molecule has 1 aromatic rings. The summed E-state index contributed by atoms with van der Waals surface area (Å²) in [5.41, 5.74) is 2.84. The van der Waals surface area contributed by atoms with Gasteiger partial charge in [-0.25, -0.2) is 0 Å². The molecule has 4 nitrogen and oxygen atoms in total. The van der Waals surface area contributed by atoms with Gasteiger partial charge < -0.3 is 10.6 Å². The van der Waals surface area contributed by atoms with Gasteiger partial charge in [0.25, 0.3) is 0 Å². The lowest BCUT2D eigenvalue weighted by atomic mass is 9.81. The van der Waals surface area contributed by atoms with Gasteiger partial charge in [0.1, 0.15) is 0 Å². The summed E-state index contributed by atoms with van der Waals surface area (Å²) in [5.74, 6) is 0.736. The Morgan fingerprint density at radius 3 is 2.32 bits per heavy atom. The second kappa shape index (κ2) is 5.72. The van der Waals surface area contributed by atoms with Crippen LogP contribution in [0.5, 0.6) is 0 Å². The fourth-order valence-electron chi connectivity index (χ4n) is 4.75. The molecule has 4 heteroatoms. The summed E-state index contributed by atoms with van der Waals surface area (Å²) in [7, 11) is 0. The van der Waals surface area contributed by atoms with Crippen LogP contribution in [0, 0.1) is 17.8 Å². The fourth-order valence-corrected chi connectivity index (χ4v) is 4.75. The molecule has 2 amide bonds. The second-order valence-electron chi connectivity index (χ2n) is 8.07. The lowest BCUT2D eigenvalue weighted by Gasteiger charge is -2.27. The third-order valence-corrected chi connectivity index (χ3v) is 6.38. The van der Waals surface area contributed by atoms with E-state index in [1.165, 1.54) is 11.1 Å². The van der Waals surface area contributed by atoms with Crippen LogP contribution in [0.25, 0.3) is 0 Å². The molecule has 2 fully saturated rings. The summed E-state index contributed by atoms with van der Waals surface area (Å²) in [4.78, 5) is 25.4. The van der Waals surface area contributed by atoms with E-state index >= 15 is 0 Å². The van der Waals surface area contributed by atoms with Crippen molar-refractivity contribution < 1.29 is 9.59 Å². The molecule has 0 heterocycles. The molecule has 5 rings (SSSR count). The van der Waals surface area contributed by atoms with E-state index in [0.717, 1.165) is 19.3 Å². The minimum atomic E-state index is -0.222. The van der Waals surface area contributed by atoms with Gasteiger partial charge in [0.15, 0.2) is 0 Å². The number of fused-ring (bicyclic) bond motifs is 3. The molecule has 130 valence electrons. The molecular weight excluding hydrogens is 312 g/mol. The van der Waals surface area contributed by atoms with Crippen molar-refractivity contribution in [3.05, 3.63) is 47.5 Å². The maximum atomic E-state index is 12.9. The summed E-state index contributed by atoms with van der Waals surface area (Å²) in [6.45, 7) is 0. The van der Waals surface area contributed by atoms with Crippen LogP contribution >= 0.6 is 0 Å². The molecule has 0 saturated heterocycles. The Bertz CT molecular complexity index is 752. The first kappa shape index (κ1) is 15.2. The molecule has 0 radical (unpaired) electrons. The molecular formula is C21H24N2O2. The van der Waals surface area contributed by atoms with Gasteiger partial charge in [-0.05, 0) is 49.1 Å². The summed E-state index contributed by atoms with van der Waals surface area (Å²) < 4.78 is 0. The highest BCUT2D eigenvalue weighted by atomic mass is 16.2. The summed E-state index contributed by atoms with van der Waals surface area (Å²) in [5, 5.41) is 6.34. The van der Waals surface area contributed by atoms with E-state index in [4.69, 9.17) is 0 Å². The molecule has 2 saturated carbocycles. The molecule has 4 aliphatic rings. The normalized spacial score (nSPS) is 34.8. The van der Waals surface area contributed by atoms with E-state index in [1.807, 2.05) is 12.2 Å². The van der Waals surface area contributed by atoms with E-state index in [-0.39, 0.29) is 29.7 Å². The molecule has 0 aliphatic heterocycles. The molecule has 2 N–H and O–H groups in total. The van der Waals surface area contributed by atoms with Crippen LogP contribution in [0.2, 0.25) is 0 Å². The van der Waals surface area contributed by atoms with E-state index in [9.17, 15) is 9.59 Å². The highest BCUT2D eigenvalue weighted by molar-refractivity contribution is 5.89. The predicted octanol–water partition coefficient (Wildman–Crippen LogP) is 2.30. The van der Waals surface area contributed by atoms with Gasteiger partial charge in [0.2, 0.25) is 11.8 Å². The number of amides is 2. The topological polar surface area (TPSA) is 58.2 Å². The standard InChI is InChI=1S/C21H24N2O2/c24-20(22-13-9-10-13)15-7-3-4-8-16(15)21(25)23-19-17-11-12-5-1-2-6-14(12)18(17)19/h1-6,13,15-19H,7-11H2,(H,22,24)(H,23,25)/t15-,16+,17+,18+,19-/m1/s1. The molecule has 5 atom stereocenters. The average molecular weight is 336 g/mol. The van der Waals surface area contributed by atoms with E-state index < -0.39 is 0 Å². The number of carbonyl (C=O) groups is 2. The number of nitrogens with one attached hydrogen (secondary N) is 2. The number of hydrogen-bond acceptors (Lipinski definition) is 2. The zero-order valence-electron chi connectivity index (χ0n) is 14.3. The highest BCUT2D eigenvalue weighted by Gasteiger charge is 2.56. The van der Waals surface area contributed by atoms with Gasteiger partial charge >= 0.3 is 0 Å². The zero-order valence-corrected chi connectivity index (χ0v) is 14.3. The Morgan fingerprint density at radius 2 is 1.60 bits per heavy atom. The molecule has 4 aliphatic carbocycles. The number of allylic oxidation sites excluding steroid dienone is 2. The largest absolute Gasteiger partial charge is 0.353 e. The zero-order chi connectivity index (χ0) is 17.0. The monoisotopic (exact) mass is 336 g/mol. The summed E-state index contributed by atoms with van der Waals surface area (Å²) in [6, 6.07) is 9.19. The summed E-state index contributed by atoms with van der Waals surface area (Å²) >= 11 is 0. The molecule has 0 unspecified atom stereocenters. The van der Waals surface area contributed by atoms with Gasteiger partial charge in [0, 0.05) is 18.0 Å². The first-order valence-corrected chi connectivity index (χ1v) is 9.56. The minimum Gasteiger partial charge on any atom is -0.353 e. The first-order valence-electron chi connectivity index (χ1n) is 9.56. The number of carbonyl (C=O) groups excluding carboxylic acids is 2. The van der Waals surface area contributed by atoms with Crippen molar-refractivity contribution in [3.63, 3.8) is 0 Å². The van der Waals surface area contributed by atoms with Crippen LogP contribution in [0.4, 0.5) is 0 Å². The average Bonchev–Trinajstić information content (AvgIpc) is 3.53. The predicted molar refractivity (Wildman–Crippen MR) is 94.8 cm³/mol. The van der Waals surface area contributed by atoms with E-state index in [1.54, 1.807) is 0 Å². The summed E-state index contributed by atoms with van der Waals surface area (Å²) in [6.07, 6.45) is 8.68. The third-order valence-electron chi connectivity index (χ3n) is 6.38. The second-order valence-corrected chi connectivity index (χ2v) is 8.07. The van der Waals surface area contributed by atoms with Crippen LogP contribution in [-0.2, 0) is 16.0 Å². The highest BCUT2D eigenvalue weighted by Crippen LogP contribution is 2.56. The third kappa shape index (κ3) is 2.68. The number of hydrogen-bond donors (Lipinski definition) is 2. The minimum absolute atomic E-state index is 0.0633. The molecule has 0 spiro atoms. The first-order chi connectivity index (χ1) is 12.2. The van der Waals surface area contributed by atoms with Gasteiger partial charge in [-0.3, -0.25) is 9.59 Å². The Hall–Kier alpha value is -2.10.